The number of hydrogen-bond acceptors (Lipinski definition) is 6. The maximum Gasteiger partial charge on any atom is 0.226 e. The molecular formula is C24H28F4N6O. The van der Waals surface area contributed by atoms with E-state index in [2.05, 4.69) is 15.0 Å². The molecule has 0 aliphatic carbocycles. The summed E-state index contributed by atoms with van der Waals surface area (Å²) in [5, 5.41) is 0. The highest BCUT2D eigenvalue weighted by atomic mass is 19.2. The van der Waals surface area contributed by atoms with E-state index in [1.165, 1.54) is 18.1 Å². The van der Waals surface area contributed by atoms with Crippen molar-refractivity contribution in [2.75, 3.05) is 31.6 Å². The van der Waals surface area contributed by atoms with E-state index in [1.807, 2.05) is 4.90 Å². The molecule has 1 fully saturated rings. The number of hydrogen-bond donors (Lipinski definition) is 1. The second kappa shape index (κ2) is 11.3. The second-order valence-corrected chi connectivity index (χ2v) is 8.26. The van der Waals surface area contributed by atoms with Gasteiger partial charge in [0.25, 0.3) is 0 Å². The van der Waals surface area contributed by atoms with Gasteiger partial charge in [0.1, 0.15) is 11.5 Å². The number of anilines is 1. The number of piperidine rings is 1. The zero-order valence-electron chi connectivity index (χ0n) is 19.9. The van der Waals surface area contributed by atoms with Crippen molar-refractivity contribution >= 4 is 17.6 Å². The van der Waals surface area contributed by atoms with Gasteiger partial charge in [0.05, 0.1) is 11.9 Å². The Morgan fingerprint density at radius 3 is 2.51 bits per heavy atom. The van der Waals surface area contributed by atoms with Gasteiger partial charge in [-0.05, 0) is 44.5 Å². The minimum atomic E-state index is -1.29. The number of carbonyl (C=O) groups is 1. The molecule has 2 heterocycles. The van der Waals surface area contributed by atoms with Crippen LogP contribution in [0.25, 0.3) is 0 Å². The van der Waals surface area contributed by atoms with Crippen molar-refractivity contribution in [2.45, 2.75) is 33.2 Å². The predicted molar refractivity (Wildman–Crippen MR) is 125 cm³/mol. The third-order valence-corrected chi connectivity index (χ3v) is 6.05. The van der Waals surface area contributed by atoms with E-state index in [0.29, 0.717) is 49.2 Å². The summed E-state index contributed by atoms with van der Waals surface area (Å²) in [6.07, 6.45) is 3.32. The van der Waals surface area contributed by atoms with Gasteiger partial charge < -0.3 is 15.5 Å². The van der Waals surface area contributed by atoms with E-state index in [4.69, 9.17) is 5.73 Å². The Kier molecular flexibility index (Phi) is 8.42. The molecule has 0 spiro atoms. The summed E-state index contributed by atoms with van der Waals surface area (Å²) in [4.78, 5) is 28.8. The van der Waals surface area contributed by atoms with Crippen molar-refractivity contribution in [3.63, 3.8) is 0 Å². The first-order valence-electron chi connectivity index (χ1n) is 11.3. The van der Waals surface area contributed by atoms with Crippen LogP contribution in [-0.4, -0.2) is 53.2 Å². The highest BCUT2D eigenvalue weighted by molar-refractivity contribution is 6.11. The number of aromatic nitrogens is 2. The lowest BCUT2D eigenvalue weighted by atomic mass is 9.95. The van der Waals surface area contributed by atoms with Crippen LogP contribution in [0.1, 0.15) is 37.9 Å². The second-order valence-electron chi connectivity index (χ2n) is 8.26. The number of halogens is 4. The molecule has 1 saturated heterocycles. The van der Waals surface area contributed by atoms with Gasteiger partial charge in [0, 0.05) is 50.8 Å². The van der Waals surface area contributed by atoms with Crippen LogP contribution in [0.2, 0.25) is 0 Å². The predicted octanol–water partition coefficient (Wildman–Crippen LogP) is 3.58. The van der Waals surface area contributed by atoms with Gasteiger partial charge >= 0.3 is 0 Å². The molecule has 2 aromatic rings. The van der Waals surface area contributed by atoms with Crippen molar-refractivity contribution in [1.29, 1.82) is 0 Å². The third-order valence-electron chi connectivity index (χ3n) is 6.05. The number of allylic oxidation sites excluding steroid dienone is 1. The Balaban J connectivity index is 1.70. The molecule has 1 aliphatic rings. The molecule has 1 amide bonds. The van der Waals surface area contributed by atoms with E-state index in [0.717, 1.165) is 12.3 Å². The zero-order valence-corrected chi connectivity index (χ0v) is 19.9. The molecule has 0 atom stereocenters. The first-order chi connectivity index (χ1) is 16.7. The SMILES string of the molecule is CCN(Cc1cc(F)cc(F)c1F)C(=O)C1CCN(c2ncc(F)c(C(=NC)/C(C)=C\N)n2)CC1. The molecule has 188 valence electrons. The average Bonchev–Trinajstić information content (AvgIpc) is 2.86. The summed E-state index contributed by atoms with van der Waals surface area (Å²) < 4.78 is 55.6. The van der Waals surface area contributed by atoms with Crippen LogP contribution < -0.4 is 10.6 Å². The topological polar surface area (TPSA) is 87.7 Å². The number of carbonyl (C=O) groups excluding carboxylic acids is 1. The smallest absolute Gasteiger partial charge is 0.226 e. The van der Waals surface area contributed by atoms with Crippen molar-refractivity contribution in [1.82, 2.24) is 14.9 Å². The minimum absolute atomic E-state index is 0.0383. The maximum absolute atomic E-state index is 14.4. The molecule has 7 nitrogen and oxygen atoms in total. The van der Waals surface area contributed by atoms with Gasteiger partial charge in [-0.15, -0.1) is 0 Å². The van der Waals surface area contributed by atoms with E-state index >= 15 is 0 Å². The van der Waals surface area contributed by atoms with Crippen LogP contribution in [-0.2, 0) is 11.3 Å². The van der Waals surface area contributed by atoms with Gasteiger partial charge in [-0.25, -0.2) is 27.5 Å². The van der Waals surface area contributed by atoms with Crippen LogP contribution in [0.3, 0.4) is 0 Å². The molecule has 1 aromatic heterocycles. The van der Waals surface area contributed by atoms with Crippen LogP contribution in [0.15, 0.2) is 35.1 Å². The third kappa shape index (κ3) is 5.77. The van der Waals surface area contributed by atoms with E-state index in [1.54, 1.807) is 13.8 Å². The Morgan fingerprint density at radius 1 is 1.23 bits per heavy atom. The summed E-state index contributed by atoms with van der Waals surface area (Å²) in [6, 6.07) is 1.37. The highest BCUT2D eigenvalue weighted by Gasteiger charge is 2.30. The number of rotatable bonds is 7. The lowest BCUT2D eigenvalue weighted by molar-refractivity contribution is -0.136. The minimum Gasteiger partial charge on any atom is -0.404 e. The number of nitrogens with two attached hydrogens (primary N) is 1. The number of benzene rings is 1. The van der Waals surface area contributed by atoms with Gasteiger partial charge in [0.15, 0.2) is 17.5 Å². The standard InChI is InChI=1S/C24H28F4N6O/c1-4-33(13-16-9-17(25)10-18(26)20(16)28)23(35)15-5-7-34(8-6-15)24-31-12-19(27)22(32-24)21(30-3)14(2)11-29/h9-12,15H,4-8,13,29H2,1-3H3/b14-11-,30-21?. The summed E-state index contributed by atoms with van der Waals surface area (Å²) in [6.45, 7) is 4.32. The fourth-order valence-corrected chi connectivity index (χ4v) is 4.08. The monoisotopic (exact) mass is 492 g/mol. The van der Waals surface area contributed by atoms with Crippen LogP contribution in [0.5, 0.6) is 0 Å². The van der Waals surface area contributed by atoms with Crippen molar-refractivity contribution < 1.29 is 22.4 Å². The summed E-state index contributed by atoms with van der Waals surface area (Å²) in [5.41, 5.74) is 6.26. The van der Waals surface area contributed by atoms with Gasteiger partial charge in [-0.3, -0.25) is 9.79 Å². The largest absolute Gasteiger partial charge is 0.404 e. The molecule has 0 saturated carbocycles. The number of nitrogens with zero attached hydrogens (tertiary/aromatic N) is 5. The van der Waals surface area contributed by atoms with E-state index < -0.39 is 23.3 Å². The first kappa shape index (κ1) is 26.1. The van der Waals surface area contributed by atoms with Crippen molar-refractivity contribution in [2.24, 2.45) is 16.6 Å². The molecule has 2 N–H and O–H groups in total. The molecule has 0 bridgehead atoms. The Hall–Kier alpha value is -3.50. The summed E-state index contributed by atoms with van der Waals surface area (Å²) >= 11 is 0. The number of amides is 1. The maximum atomic E-state index is 14.4. The van der Waals surface area contributed by atoms with Crippen LogP contribution in [0.4, 0.5) is 23.5 Å². The first-order valence-corrected chi connectivity index (χ1v) is 11.3. The molecule has 0 radical (unpaired) electrons. The van der Waals surface area contributed by atoms with E-state index in [-0.39, 0.29) is 36.2 Å². The van der Waals surface area contributed by atoms with Crippen molar-refractivity contribution in [3.05, 3.63) is 64.6 Å². The Labute approximate surface area is 201 Å². The Morgan fingerprint density at radius 2 is 1.91 bits per heavy atom. The van der Waals surface area contributed by atoms with Crippen LogP contribution >= 0.6 is 0 Å². The average molecular weight is 493 g/mol. The van der Waals surface area contributed by atoms with Gasteiger partial charge in [0.2, 0.25) is 11.9 Å². The highest BCUT2D eigenvalue weighted by Crippen LogP contribution is 2.25. The van der Waals surface area contributed by atoms with E-state index in [9.17, 15) is 22.4 Å². The van der Waals surface area contributed by atoms with Gasteiger partial charge in [-0.1, -0.05) is 0 Å². The lowest BCUT2D eigenvalue weighted by Crippen LogP contribution is -2.43. The lowest BCUT2D eigenvalue weighted by Gasteiger charge is -2.34. The van der Waals surface area contributed by atoms with Crippen molar-refractivity contribution in [3.8, 4) is 0 Å². The normalized spacial score (nSPS) is 15.5. The Bertz CT molecular complexity index is 1150. The zero-order chi connectivity index (χ0) is 25.7. The molecule has 11 heteroatoms. The molecular weight excluding hydrogens is 464 g/mol. The molecule has 0 unspecified atom stereocenters. The fourth-order valence-electron chi connectivity index (χ4n) is 4.08. The molecule has 35 heavy (non-hydrogen) atoms. The molecule has 1 aliphatic heterocycles. The molecule has 1 aromatic carbocycles. The quantitative estimate of drug-likeness (QED) is 0.363. The summed E-state index contributed by atoms with van der Waals surface area (Å²) in [7, 11) is 1.52. The van der Waals surface area contributed by atoms with Gasteiger partial charge in [-0.2, -0.15) is 0 Å². The number of aliphatic imine (C=N–C) groups is 1. The summed E-state index contributed by atoms with van der Waals surface area (Å²) in [5.74, 6) is -4.25. The fraction of sp³-hybridized carbons (Fsp3) is 0.417. The molecule has 3 rings (SSSR count). The van der Waals surface area contributed by atoms with Crippen LogP contribution in [0, 0.1) is 29.2 Å².